The maximum atomic E-state index is 6.53. The molecule has 1 unspecified atom stereocenters. The van der Waals surface area contributed by atoms with Crippen molar-refractivity contribution in [1.29, 1.82) is 0 Å². The molecule has 1 aromatic heterocycles. The summed E-state index contributed by atoms with van der Waals surface area (Å²) in [6, 6.07) is 19.1. The number of benzene rings is 2. The van der Waals surface area contributed by atoms with Crippen molar-refractivity contribution >= 4 is 10.9 Å². The monoisotopic (exact) mass is 274 g/mol. The average Bonchev–Trinajstić information content (AvgIpc) is 2.97. The molecule has 3 aromatic rings. The van der Waals surface area contributed by atoms with Gasteiger partial charge in [-0.2, -0.15) is 0 Å². The lowest BCUT2D eigenvalue weighted by molar-refractivity contribution is 0.453. The third-order valence-electron chi connectivity index (χ3n) is 4.59. The summed E-state index contributed by atoms with van der Waals surface area (Å²) in [4.78, 5) is 4.54. The van der Waals surface area contributed by atoms with Crippen LogP contribution in [-0.2, 0) is 12.8 Å². The fraction of sp³-hybridized carbons (Fsp3) is 0.211. The van der Waals surface area contributed by atoms with Gasteiger partial charge in [0.1, 0.15) is 0 Å². The van der Waals surface area contributed by atoms with Gasteiger partial charge in [0.05, 0.1) is 5.52 Å². The molecule has 1 heterocycles. The second-order valence-corrected chi connectivity index (χ2v) is 5.92. The van der Waals surface area contributed by atoms with E-state index >= 15 is 0 Å². The van der Waals surface area contributed by atoms with Crippen LogP contribution in [-0.4, -0.2) is 4.98 Å². The minimum atomic E-state index is 0.0505. The highest BCUT2D eigenvalue weighted by Gasteiger charge is 2.27. The molecule has 1 atom stereocenters. The number of hydrogen-bond acceptors (Lipinski definition) is 2. The first-order valence-electron chi connectivity index (χ1n) is 7.48. The Hall–Kier alpha value is -2.19. The lowest BCUT2D eigenvalue weighted by Crippen LogP contribution is -2.22. The molecule has 1 aliphatic rings. The number of aromatic nitrogens is 1. The van der Waals surface area contributed by atoms with Crippen molar-refractivity contribution in [3.05, 3.63) is 77.5 Å². The molecule has 0 aliphatic heterocycles. The number of rotatable bonds is 2. The van der Waals surface area contributed by atoms with Crippen molar-refractivity contribution in [3.8, 4) is 0 Å². The van der Waals surface area contributed by atoms with E-state index < -0.39 is 0 Å². The molecule has 0 spiro atoms. The molecule has 2 N–H and O–H groups in total. The molecule has 0 saturated heterocycles. The highest BCUT2D eigenvalue weighted by molar-refractivity contribution is 5.78. The third-order valence-corrected chi connectivity index (χ3v) is 4.59. The van der Waals surface area contributed by atoms with Gasteiger partial charge >= 0.3 is 0 Å². The summed E-state index contributed by atoms with van der Waals surface area (Å²) in [5.41, 5.74) is 11.6. The van der Waals surface area contributed by atoms with Gasteiger partial charge in [-0.05, 0) is 47.6 Å². The van der Waals surface area contributed by atoms with Gasteiger partial charge in [0.15, 0.2) is 0 Å². The molecule has 0 radical (unpaired) electrons. The molecular weight excluding hydrogens is 256 g/mol. The number of pyridine rings is 1. The number of nitrogens with two attached hydrogens (primary N) is 1. The SMILES string of the molecule is NC(c1cnc2ccccc2c1)C1Cc2ccccc2C1. The summed E-state index contributed by atoms with van der Waals surface area (Å²) in [6.45, 7) is 0. The van der Waals surface area contributed by atoms with Gasteiger partial charge in [-0.15, -0.1) is 0 Å². The third kappa shape index (κ3) is 2.22. The summed E-state index contributed by atoms with van der Waals surface area (Å²) in [6.07, 6.45) is 4.09. The Morgan fingerprint density at radius 1 is 0.952 bits per heavy atom. The molecule has 2 aromatic carbocycles. The first-order valence-corrected chi connectivity index (χ1v) is 7.48. The predicted octanol–water partition coefficient (Wildman–Crippen LogP) is 3.65. The minimum Gasteiger partial charge on any atom is -0.324 e. The van der Waals surface area contributed by atoms with Gasteiger partial charge in [-0.1, -0.05) is 42.5 Å². The van der Waals surface area contributed by atoms with E-state index in [-0.39, 0.29) is 6.04 Å². The van der Waals surface area contributed by atoms with Crippen LogP contribution in [0.5, 0.6) is 0 Å². The number of para-hydroxylation sites is 1. The molecule has 1 aliphatic carbocycles. The fourth-order valence-corrected chi connectivity index (χ4v) is 3.39. The zero-order valence-corrected chi connectivity index (χ0v) is 11.9. The largest absolute Gasteiger partial charge is 0.324 e. The van der Waals surface area contributed by atoms with Gasteiger partial charge in [0.25, 0.3) is 0 Å². The van der Waals surface area contributed by atoms with E-state index in [2.05, 4.69) is 41.4 Å². The van der Waals surface area contributed by atoms with E-state index in [1.807, 2.05) is 24.4 Å². The van der Waals surface area contributed by atoms with Crippen LogP contribution in [0.15, 0.2) is 60.8 Å². The number of hydrogen-bond donors (Lipinski definition) is 1. The second-order valence-electron chi connectivity index (χ2n) is 5.92. The Morgan fingerprint density at radius 3 is 2.38 bits per heavy atom. The maximum Gasteiger partial charge on any atom is 0.0702 e. The van der Waals surface area contributed by atoms with Crippen LogP contribution in [0.2, 0.25) is 0 Å². The molecule has 2 heteroatoms. The Morgan fingerprint density at radius 2 is 1.62 bits per heavy atom. The van der Waals surface area contributed by atoms with E-state index in [9.17, 15) is 0 Å². The van der Waals surface area contributed by atoms with E-state index in [0.29, 0.717) is 5.92 Å². The maximum absolute atomic E-state index is 6.53. The van der Waals surface area contributed by atoms with Crippen molar-refractivity contribution in [2.45, 2.75) is 18.9 Å². The zero-order valence-electron chi connectivity index (χ0n) is 11.9. The summed E-state index contributed by atoms with van der Waals surface area (Å²) < 4.78 is 0. The van der Waals surface area contributed by atoms with E-state index in [4.69, 9.17) is 5.73 Å². The number of nitrogens with zero attached hydrogens (tertiary/aromatic N) is 1. The molecular formula is C19H18N2. The zero-order chi connectivity index (χ0) is 14.2. The van der Waals surface area contributed by atoms with Gasteiger partial charge in [-0.25, -0.2) is 0 Å². The molecule has 4 rings (SSSR count). The standard InChI is InChI=1S/C19H18N2/c20-19(16-9-13-5-1-2-6-14(13)10-16)17-11-15-7-3-4-8-18(15)21-12-17/h1-8,11-12,16,19H,9-10,20H2. The van der Waals surface area contributed by atoms with Crippen molar-refractivity contribution in [1.82, 2.24) is 4.98 Å². The van der Waals surface area contributed by atoms with Gasteiger partial charge < -0.3 is 5.73 Å². The van der Waals surface area contributed by atoms with Crippen LogP contribution in [0.4, 0.5) is 0 Å². The molecule has 104 valence electrons. The fourth-order valence-electron chi connectivity index (χ4n) is 3.39. The molecule has 21 heavy (non-hydrogen) atoms. The topological polar surface area (TPSA) is 38.9 Å². The molecule has 0 bridgehead atoms. The van der Waals surface area contributed by atoms with Crippen LogP contribution in [0, 0.1) is 5.92 Å². The Bertz CT molecular complexity index is 769. The quantitative estimate of drug-likeness (QED) is 0.774. The lowest BCUT2D eigenvalue weighted by Gasteiger charge is -2.19. The molecule has 0 saturated carbocycles. The van der Waals surface area contributed by atoms with E-state index in [0.717, 1.165) is 23.9 Å². The molecule has 0 amide bonds. The van der Waals surface area contributed by atoms with Gasteiger partial charge in [0, 0.05) is 17.6 Å². The molecule has 2 nitrogen and oxygen atoms in total. The lowest BCUT2D eigenvalue weighted by atomic mass is 9.91. The highest BCUT2D eigenvalue weighted by Crippen LogP contribution is 2.34. The normalized spacial score (nSPS) is 16.0. The van der Waals surface area contributed by atoms with E-state index in [1.54, 1.807) is 0 Å². The first kappa shape index (κ1) is 12.5. The van der Waals surface area contributed by atoms with Gasteiger partial charge in [0.2, 0.25) is 0 Å². The summed E-state index contributed by atoms with van der Waals surface area (Å²) in [7, 11) is 0. The Kier molecular flexibility index (Phi) is 2.97. The highest BCUT2D eigenvalue weighted by atomic mass is 14.7. The predicted molar refractivity (Wildman–Crippen MR) is 86.0 cm³/mol. The Balaban J connectivity index is 1.64. The smallest absolute Gasteiger partial charge is 0.0702 e. The minimum absolute atomic E-state index is 0.0505. The van der Waals surface area contributed by atoms with Crippen LogP contribution in [0.25, 0.3) is 10.9 Å². The summed E-state index contributed by atoms with van der Waals surface area (Å²) >= 11 is 0. The van der Waals surface area contributed by atoms with Crippen molar-refractivity contribution < 1.29 is 0 Å². The van der Waals surface area contributed by atoms with Crippen molar-refractivity contribution in [2.24, 2.45) is 11.7 Å². The summed E-state index contributed by atoms with van der Waals surface area (Å²) in [5, 5.41) is 1.17. The van der Waals surface area contributed by atoms with Crippen LogP contribution < -0.4 is 5.73 Å². The van der Waals surface area contributed by atoms with Gasteiger partial charge in [-0.3, -0.25) is 4.98 Å². The van der Waals surface area contributed by atoms with Crippen molar-refractivity contribution in [2.75, 3.05) is 0 Å². The number of fused-ring (bicyclic) bond motifs is 2. The van der Waals surface area contributed by atoms with Crippen LogP contribution in [0.3, 0.4) is 0 Å². The first-order chi connectivity index (χ1) is 10.3. The summed E-state index contributed by atoms with van der Waals surface area (Å²) in [5.74, 6) is 0.477. The Labute approximate surface area is 124 Å². The van der Waals surface area contributed by atoms with Crippen molar-refractivity contribution in [3.63, 3.8) is 0 Å². The van der Waals surface area contributed by atoms with E-state index in [1.165, 1.54) is 16.5 Å². The second kappa shape index (κ2) is 4.97. The molecule has 0 fully saturated rings. The average molecular weight is 274 g/mol. The van der Waals surface area contributed by atoms with Crippen LogP contribution in [0.1, 0.15) is 22.7 Å². The van der Waals surface area contributed by atoms with Crippen LogP contribution >= 0.6 is 0 Å².